The second kappa shape index (κ2) is 7.73. The Hall–Kier alpha value is -3.10. The highest BCUT2D eigenvalue weighted by Gasteiger charge is 2.30. The maximum atomic E-state index is 12.8. The first-order chi connectivity index (χ1) is 14.0. The number of hydrogen-bond acceptors (Lipinski definition) is 4. The number of aliphatic carboxylic acids is 1. The molecule has 1 aromatic heterocycles. The van der Waals surface area contributed by atoms with E-state index in [1.165, 1.54) is 6.20 Å². The molecule has 2 heterocycles. The predicted molar refractivity (Wildman–Crippen MR) is 113 cm³/mol. The maximum absolute atomic E-state index is 12.8. The molecule has 0 saturated heterocycles. The normalized spacial score (nSPS) is 15.1. The number of carboxylic acids is 1. The number of carboxylic acid groups (broad SMARTS) is 1. The van der Waals surface area contributed by atoms with Crippen LogP contribution in [0.1, 0.15) is 22.0 Å². The molecule has 0 unspecified atom stereocenters. The minimum atomic E-state index is -1.13. The van der Waals surface area contributed by atoms with Crippen molar-refractivity contribution in [2.24, 2.45) is 0 Å². The van der Waals surface area contributed by atoms with Crippen LogP contribution in [0.2, 0.25) is 5.02 Å². The van der Waals surface area contributed by atoms with Crippen LogP contribution in [0, 0.1) is 0 Å². The van der Waals surface area contributed by atoms with Crippen LogP contribution in [0.15, 0.2) is 71.0 Å². The number of rotatable bonds is 4. The van der Waals surface area contributed by atoms with Gasteiger partial charge in [-0.1, -0.05) is 57.9 Å². The van der Waals surface area contributed by atoms with Crippen LogP contribution >= 0.6 is 27.5 Å². The number of benzene rings is 2. The number of nitrogens with zero attached hydrogens (tertiary/aromatic N) is 2. The molecule has 3 aromatic rings. The van der Waals surface area contributed by atoms with Gasteiger partial charge >= 0.3 is 5.97 Å². The number of fused-ring (bicyclic) bond motifs is 1. The fourth-order valence-electron chi connectivity index (χ4n) is 3.08. The Bertz CT molecular complexity index is 1160. The molecule has 1 amide bonds. The van der Waals surface area contributed by atoms with Gasteiger partial charge in [0.15, 0.2) is 0 Å². The van der Waals surface area contributed by atoms with Crippen LogP contribution in [0.5, 0.6) is 0 Å². The summed E-state index contributed by atoms with van der Waals surface area (Å²) in [4.78, 5) is 24.5. The lowest BCUT2D eigenvalue weighted by molar-refractivity contribution is -0.132. The smallest absolute Gasteiger partial charge is 0.352 e. The first kappa shape index (κ1) is 19.2. The van der Waals surface area contributed by atoms with E-state index in [0.29, 0.717) is 10.7 Å². The highest BCUT2D eigenvalue weighted by Crippen LogP contribution is 2.35. The number of aromatic nitrogens is 2. The molecule has 146 valence electrons. The largest absolute Gasteiger partial charge is 0.477 e. The summed E-state index contributed by atoms with van der Waals surface area (Å²) in [6, 6.07) is 13.8. The molecule has 1 aliphatic rings. The van der Waals surface area contributed by atoms with Gasteiger partial charge in [0, 0.05) is 4.47 Å². The van der Waals surface area contributed by atoms with Gasteiger partial charge in [-0.3, -0.25) is 4.79 Å². The lowest BCUT2D eigenvalue weighted by atomic mass is 10.0. The minimum Gasteiger partial charge on any atom is -0.477 e. The zero-order valence-corrected chi connectivity index (χ0v) is 17.1. The minimum absolute atomic E-state index is 0.0365. The van der Waals surface area contributed by atoms with Crippen molar-refractivity contribution in [2.75, 3.05) is 10.6 Å². The van der Waals surface area contributed by atoms with Crippen LogP contribution in [0.3, 0.4) is 0 Å². The summed E-state index contributed by atoms with van der Waals surface area (Å²) in [5, 5.41) is 19.8. The van der Waals surface area contributed by atoms with E-state index in [0.717, 1.165) is 10.0 Å². The van der Waals surface area contributed by atoms with Crippen molar-refractivity contribution in [1.29, 1.82) is 0 Å². The number of hydrogen-bond donors (Lipinski definition) is 3. The predicted octanol–water partition coefficient (Wildman–Crippen LogP) is 4.53. The Morgan fingerprint density at radius 3 is 2.62 bits per heavy atom. The molecule has 4 rings (SSSR count). The van der Waals surface area contributed by atoms with Crippen molar-refractivity contribution in [1.82, 2.24) is 9.78 Å². The van der Waals surface area contributed by atoms with Crippen LogP contribution in [-0.2, 0) is 4.79 Å². The first-order valence-electron chi connectivity index (χ1n) is 8.55. The van der Waals surface area contributed by atoms with Gasteiger partial charge in [0.2, 0.25) is 0 Å². The highest BCUT2D eigenvalue weighted by molar-refractivity contribution is 9.10. The van der Waals surface area contributed by atoms with Gasteiger partial charge in [-0.2, -0.15) is 5.10 Å². The number of carbonyl (C=O) groups is 2. The van der Waals surface area contributed by atoms with Gasteiger partial charge < -0.3 is 15.7 Å². The van der Waals surface area contributed by atoms with Gasteiger partial charge in [-0.05, 0) is 29.8 Å². The van der Waals surface area contributed by atoms with E-state index in [9.17, 15) is 14.7 Å². The van der Waals surface area contributed by atoms with E-state index in [1.54, 1.807) is 35.0 Å². The van der Waals surface area contributed by atoms with Crippen molar-refractivity contribution in [3.63, 3.8) is 0 Å². The molecule has 0 spiro atoms. The average molecular weight is 474 g/mol. The van der Waals surface area contributed by atoms with Gasteiger partial charge in [0.25, 0.3) is 5.91 Å². The van der Waals surface area contributed by atoms with E-state index < -0.39 is 17.9 Å². The van der Waals surface area contributed by atoms with Gasteiger partial charge in [0.05, 0.1) is 16.9 Å². The molecule has 0 saturated carbocycles. The second-order valence-corrected chi connectivity index (χ2v) is 7.52. The number of para-hydroxylation sites is 1. The van der Waals surface area contributed by atoms with E-state index in [4.69, 9.17) is 11.6 Å². The fraction of sp³-hybridized carbons (Fsp3) is 0.0500. The van der Waals surface area contributed by atoms with Crippen molar-refractivity contribution in [3.05, 3.63) is 87.1 Å². The lowest BCUT2D eigenvalue weighted by Crippen LogP contribution is -2.25. The summed E-state index contributed by atoms with van der Waals surface area (Å²) in [7, 11) is 0. The summed E-state index contributed by atoms with van der Waals surface area (Å²) >= 11 is 9.61. The van der Waals surface area contributed by atoms with Crippen molar-refractivity contribution < 1.29 is 14.7 Å². The standard InChI is InChI=1S/C20H14BrClN4O3/c21-13-6-2-1-5-11(13)17-9-16(20(28)29)24-18-12(10-23-26(17)18)19(27)25-15-8-4-3-7-14(15)22/h1-10,17,24H,(H,25,27)(H,28,29)/t17-/m1/s1. The Labute approximate surface area is 179 Å². The number of nitrogens with one attached hydrogen (secondary N) is 2. The maximum Gasteiger partial charge on any atom is 0.352 e. The Balaban J connectivity index is 1.75. The lowest BCUT2D eigenvalue weighted by Gasteiger charge is -2.25. The molecule has 1 atom stereocenters. The number of amides is 1. The van der Waals surface area contributed by atoms with Crippen LogP contribution in [0.25, 0.3) is 0 Å². The average Bonchev–Trinajstić information content (AvgIpc) is 3.13. The van der Waals surface area contributed by atoms with Crippen molar-refractivity contribution >= 4 is 50.9 Å². The van der Waals surface area contributed by atoms with Crippen molar-refractivity contribution in [2.45, 2.75) is 6.04 Å². The van der Waals surface area contributed by atoms with Crippen LogP contribution < -0.4 is 10.6 Å². The SMILES string of the molecule is O=C(O)C1=C[C@H](c2ccccc2Br)n2ncc(C(=O)Nc3ccccc3Cl)c2N1. The third kappa shape index (κ3) is 3.64. The highest BCUT2D eigenvalue weighted by atomic mass is 79.9. The third-order valence-corrected chi connectivity index (χ3v) is 5.51. The molecule has 0 aliphatic carbocycles. The number of allylic oxidation sites excluding steroid dienone is 1. The molecular weight excluding hydrogens is 460 g/mol. The van der Waals surface area contributed by atoms with Gasteiger partial charge in [0.1, 0.15) is 23.1 Å². The topological polar surface area (TPSA) is 96.2 Å². The number of halogens is 2. The Morgan fingerprint density at radius 1 is 1.17 bits per heavy atom. The Morgan fingerprint density at radius 2 is 1.90 bits per heavy atom. The molecule has 2 aromatic carbocycles. The van der Waals surface area contributed by atoms with Crippen LogP contribution in [0.4, 0.5) is 11.5 Å². The summed E-state index contributed by atoms with van der Waals surface area (Å²) in [5.74, 6) is -1.30. The molecule has 0 fully saturated rings. The van der Waals surface area contributed by atoms with E-state index in [-0.39, 0.29) is 17.1 Å². The van der Waals surface area contributed by atoms with Crippen LogP contribution in [-0.4, -0.2) is 26.8 Å². The molecule has 1 aliphatic heterocycles. The van der Waals surface area contributed by atoms with E-state index >= 15 is 0 Å². The summed E-state index contributed by atoms with van der Waals surface area (Å²) in [6.45, 7) is 0. The molecule has 3 N–H and O–H groups in total. The molecule has 0 bridgehead atoms. The number of anilines is 2. The van der Waals surface area contributed by atoms with Crippen molar-refractivity contribution in [3.8, 4) is 0 Å². The Kier molecular flexibility index (Phi) is 5.12. The molecule has 7 nitrogen and oxygen atoms in total. The summed E-state index contributed by atoms with van der Waals surface area (Å²) in [6.07, 6.45) is 2.95. The zero-order chi connectivity index (χ0) is 20.5. The quantitative estimate of drug-likeness (QED) is 0.517. The van der Waals surface area contributed by atoms with Gasteiger partial charge in [-0.15, -0.1) is 0 Å². The monoisotopic (exact) mass is 472 g/mol. The summed E-state index contributed by atoms with van der Waals surface area (Å²) < 4.78 is 2.38. The third-order valence-electron chi connectivity index (χ3n) is 4.46. The summed E-state index contributed by atoms with van der Waals surface area (Å²) in [5.41, 5.74) is 1.43. The van der Waals surface area contributed by atoms with Gasteiger partial charge in [-0.25, -0.2) is 9.48 Å². The number of carbonyl (C=O) groups excluding carboxylic acids is 1. The molecule has 9 heteroatoms. The molecule has 29 heavy (non-hydrogen) atoms. The van der Waals surface area contributed by atoms with E-state index in [2.05, 4.69) is 31.7 Å². The molecule has 0 radical (unpaired) electrons. The zero-order valence-electron chi connectivity index (χ0n) is 14.8. The molecular formula is C20H14BrClN4O3. The van der Waals surface area contributed by atoms with E-state index in [1.807, 2.05) is 24.3 Å². The second-order valence-electron chi connectivity index (χ2n) is 6.26. The first-order valence-corrected chi connectivity index (χ1v) is 9.72. The fourth-order valence-corrected chi connectivity index (χ4v) is 3.78.